The van der Waals surface area contributed by atoms with Gasteiger partial charge >= 0.3 is 5.97 Å². The molecule has 1 aromatic heterocycles. The molecule has 6 heteroatoms. The fourth-order valence-electron chi connectivity index (χ4n) is 1.57. The van der Waals surface area contributed by atoms with Crippen molar-refractivity contribution >= 4 is 5.97 Å². The summed E-state index contributed by atoms with van der Waals surface area (Å²) in [4.78, 5) is 15.5. The molecule has 0 aliphatic rings. The predicted octanol–water partition coefficient (Wildman–Crippen LogP) is 2.29. The first-order chi connectivity index (χ1) is 8.90. The van der Waals surface area contributed by atoms with Gasteiger partial charge in [-0.3, -0.25) is 4.79 Å². The standard InChI is InChI=1S/C13H22N2O4/c1-5-6-18-8-10-14-11(19-15-10)7-13(4,9(2)3)12(16)17/h9H,5-8H2,1-4H3,(H,16,17). The lowest BCUT2D eigenvalue weighted by atomic mass is 9.76. The molecule has 1 N–H and O–H groups in total. The molecule has 6 nitrogen and oxygen atoms in total. The minimum Gasteiger partial charge on any atom is -0.481 e. The third kappa shape index (κ3) is 4.02. The van der Waals surface area contributed by atoms with E-state index in [2.05, 4.69) is 10.1 Å². The average Bonchev–Trinajstić information content (AvgIpc) is 2.76. The number of aromatic nitrogens is 2. The lowest BCUT2D eigenvalue weighted by Crippen LogP contribution is -2.35. The second kappa shape index (κ2) is 6.65. The minimum atomic E-state index is -0.909. The maximum absolute atomic E-state index is 11.4. The number of aliphatic carboxylic acids is 1. The van der Waals surface area contributed by atoms with Crippen LogP contribution in [0.25, 0.3) is 0 Å². The third-order valence-corrected chi connectivity index (χ3v) is 3.37. The van der Waals surface area contributed by atoms with Crippen molar-refractivity contribution in [3.05, 3.63) is 11.7 Å². The highest BCUT2D eigenvalue weighted by Gasteiger charge is 2.38. The SMILES string of the molecule is CCCOCc1noc(CC(C)(C(=O)O)C(C)C)n1. The first-order valence-corrected chi connectivity index (χ1v) is 6.52. The van der Waals surface area contributed by atoms with Gasteiger partial charge in [0.25, 0.3) is 0 Å². The lowest BCUT2D eigenvalue weighted by Gasteiger charge is -2.27. The summed E-state index contributed by atoms with van der Waals surface area (Å²) in [7, 11) is 0. The van der Waals surface area contributed by atoms with Gasteiger partial charge in [-0.2, -0.15) is 4.98 Å². The number of hydrogen-bond acceptors (Lipinski definition) is 5. The number of carboxylic acid groups (broad SMARTS) is 1. The normalized spacial score (nSPS) is 14.6. The van der Waals surface area contributed by atoms with Crippen molar-refractivity contribution in [3.63, 3.8) is 0 Å². The largest absolute Gasteiger partial charge is 0.481 e. The van der Waals surface area contributed by atoms with Crippen LogP contribution in [-0.2, 0) is 22.6 Å². The summed E-state index contributed by atoms with van der Waals surface area (Å²) in [5, 5.41) is 13.1. The fourth-order valence-corrected chi connectivity index (χ4v) is 1.57. The highest BCUT2D eigenvalue weighted by Crippen LogP contribution is 2.31. The van der Waals surface area contributed by atoms with Gasteiger partial charge in [0, 0.05) is 13.0 Å². The van der Waals surface area contributed by atoms with Gasteiger partial charge in [-0.05, 0) is 19.3 Å². The highest BCUT2D eigenvalue weighted by atomic mass is 16.5. The predicted molar refractivity (Wildman–Crippen MR) is 68.5 cm³/mol. The van der Waals surface area contributed by atoms with Crippen molar-refractivity contribution in [2.75, 3.05) is 6.61 Å². The number of hydrogen-bond donors (Lipinski definition) is 1. The van der Waals surface area contributed by atoms with E-state index >= 15 is 0 Å². The van der Waals surface area contributed by atoms with Crippen molar-refractivity contribution < 1.29 is 19.2 Å². The summed E-state index contributed by atoms with van der Waals surface area (Å²) in [6, 6.07) is 0. The summed E-state index contributed by atoms with van der Waals surface area (Å²) in [6.45, 7) is 8.39. The van der Waals surface area contributed by atoms with Crippen molar-refractivity contribution in [3.8, 4) is 0 Å². The molecule has 0 radical (unpaired) electrons. The minimum absolute atomic E-state index is 0.0308. The van der Waals surface area contributed by atoms with Crippen LogP contribution in [0.1, 0.15) is 45.8 Å². The number of rotatable bonds is 8. The quantitative estimate of drug-likeness (QED) is 0.729. The third-order valence-electron chi connectivity index (χ3n) is 3.37. The molecule has 1 rings (SSSR count). The Kier molecular flexibility index (Phi) is 5.47. The summed E-state index contributed by atoms with van der Waals surface area (Å²) in [6.07, 6.45) is 1.15. The van der Waals surface area contributed by atoms with E-state index < -0.39 is 11.4 Å². The summed E-state index contributed by atoms with van der Waals surface area (Å²) in [5.41, 5.74) is -0.909. The van der Waals surface area contributed by atoms with Gasteiger partial charge in [0.05, 0.1) is 5.41 Å². The zero-order valence-electron chi connectivity index (χ0n) is 12.0. The van der Waals surface area contributed by atoms with E-state index in [1.165, 1.54) is 0 Å². The van der Waals surface area contributed by atoms with Gasteiger partial charge < -0.3 is 14.4 Å². The maximum Gasteiger partial charge on any atom is 0.310 e. The van der Waals surface area contributed by atoms with Crippen LogP contribution in [0.4, 0.5) is 0 Å². The van der Waals surface area contributed by atoms with E-state index in [-0.39, 0.29) is 12.3 Å². The highest BCUT2D eigenvalue weighted by molar-refractivity contribution is 5.74. The van der Waals surface area contributed by atoms with Gasteiger partial charge in [-0.25, -0.2) is 0 Å². The molecule has 0 aromatic carbocycles. The molecule has 108 valence electrons. The molecule has 1 unspecified atom stereocenters. The summed E-state index contributed by atoms with van der Waals surface area (Å²) < 4.78 is 10.4. The molecule has 1 atom stereocenters. The van der Waals surface area contributed by atoms with Crippen LogP contribution in [0.15, 0.2) is 4.52 Å². The second-order valence-electron chi connectivity index (χ2n) is 5.21. The molecule has 0 spiro atoms. The van der Waals surface area contributed by atoms with Crippen LogP contribution >= 0.6 is 0 Å². The molecule has 0 aliphatic heterocycles. The Morgan fingerprint density at radius 1 is 1.53 bits per heavy atom. The van der Waals surface area contributed by atoms with Crippen molar-refractivity contribution in [2.45, 2.75) is 47.1 Å². The number of nitrogens with zero attached hydrogens (tertiary/aromatic N) is 2. The monoisotopic (exact) mass is 270 g/mol. The Morgan fingerprint density at radius 3 is 2.74 bits per heavy atom. The van der Waals surface area contributed by atoms with Crippen LogP contribution in [0.3, 0.4) is 0 Å². The topological polar surface area (TPSA) is 85.5 Å². The van der Waals surface area contributed by atoms with Crippen LogP contribution in [0, 0.1) is 11.3 Å². The average molecular weight is 270 g/mol. The molecule has 19 heavy (non-hydrogen) atoms. The van der Waals surface area contributed by atoms with E-state index in [1.54, 1.807) is 6.92 Å². The number of ether oxygens (including phenoxy) is 1. The maximum atomic E-state index is 11.4. The number of carbonyl (C=O) groups is 1. The van der Waals surface area contributed by atoms with Crippen molar-refractivity contribution in [1.82, 2.24) is 10.1 Å². The molecule has 0 amide bonds. The van der Waals surface area contributed by atoms with E-state index in [0.29, 0.717) is 24.9 Å². The van der Waals surface area contributed by atoms with Gasteiger partial charge in [0.2, 0.25) is 5.89 Å². The van der Waals surface area contributed by atoms with Gasteiger partial charge in [-0.15, -0.1) is 0 Å². The Hall–Kier alpha value is -1.43. The molecule has 0 bridgehead atoms. The van der Waals surface area contributed by atoms with E-state index in [0.717, 1.165) is 6.42 Å². The molecular formula is C13H22N2O4. The fraction of sp³-hybridized carbons (Fsp3) is 0.769. The molecule has 1 heterocycles. The summed E-state index contributed by atoms with van der Waals surface area (Å²) >= 11 is 0. The van der Waals surface area contributed by atoms with Crippen molar-refractivity contribution in [1.29, 1.82) is 0 Å². The van der Waals surface area contributed by atoms with Crippen molar-refractivity contribution in [2.24, 2.45) is 11.3 Å². The first-order valence-electron chi connectivity index (χ1n) is 6.52. The summed E-state index contributed by atoms with van der Waals surface area (Å²) in [5.74, 6) is -0.0881. The Balaban J connectivity index is 2.68. The van der Waals surface area contributed by atoms with E-state index in [9.17, 15) is 9.90 Å². The molecular weight excluding hydrogens is 248 g/mol. The Labute approximate surface area is 113 Å². The molecule has 0 aliphatic carbocycles. The zero-order chi connectivity index (χ0) is 14.5. The zero-order valence-corrected chi connectivity index (χ0v) is 12.0. The van der Waals surface area contributed by atoms with Crippen LogP contribution in [0.5, 0.6) is 0 Å². The van der Waals surface area contributed by atoms with Gasteiger partial charge in [0.1, 0.15) is 6.61 Å². The second-order valence-corrected chi connectivity index (χ2v) is 5.21. The van der Waals surface area contributed by atoms with E-state index in [1.807, 2.05) is 20.8 Å². The molecule has 0 saturated heterocycles. The smallest absolute Gasteiger partial charge is 0.310 e. The molecule has 0 fully saturated rings. The number of carboxylic acids is 1. The lowest BCUT2D eigenvalue weighted by molar-refractivity contribution is -0.150. The Bertz CT molecular complexity index is 417. The van der Waals surface area contributed by atoms with Crippen LogP contribution < -0.4 is 0 Å². The van der Waals surface area contributed by atoms with Gasteiger partial charge in [-0.1, -0.05) is 25.9 Å². The first kappa shape index (κ1) is 15.6. The van der Waals surface area contributed by atoms with Crippen LogP contribution in [-0.4, -0.2) is 27.8 Å². The van der Waals surface area contributed by atoms with E-state index in [4.69, 9.17) is 9.26 Å². The Morgan fingerprint density at radius 2 is 2.21 bits per heavy atom. The molecule has 1 aromatic rings. The molecule has 0 saturated carbocycles. The van der Waals surface area contributed by atoms with Gasteiger partial charge in [0.15, 0.2) is 5.82 Å². The van der Waals surface area contributed by atoms with Crippen LogP contribution in [0.2, 0.25) is 0 Å².